The largest absolute Gasteiger partial charge is 0.258 e. The third kappa shape index (κ3) is 2.49. The molecule has 0 spiro atoms. The van der Waals surface area contributed by atoms with Gasteiger partial charge in [0.15, 0.2) is 0 Å². The molecule has 1 aliphatic heterocycles. The average Bonchev–Trinajstić information content (AvgIpc) is 2.63. The van der Waals surface area contributed by atoms with Gasteiger partial charge in [0, 0.05) is 22.3 Å². The topological polar surface area (TPSA) is 17.1 Å². The van der Waals surface area contributed by atoms with Crippen LogP contribution in [0.2, 0.25) is 0 Å². The first-order valence-corrected chi connectivity index (χ1v) is 7.01. The minimum absolute atomic E-state index is 0.204. The van der Waals surface area contributed by atoms with Gasteiger partial charge >= 0.3 is 0 Å². The van der Waals surface area contributed by atoms with Crippen LogP contribution in [-0.2, 0) is 10.8 Å². The molecule has 2 atom stereocenters. The van der Waals surface area contributed by atoms with Crippen molar-refractivity contribution in [2.75, 3.05) is 11.5 Å². The summed E-state index contributed by atoms with van der Waals surface area (Å²) in [4.78, 5) is 0. The summed E-state index contributed by atoms with van der Waals surface area (Å²) < 4.78 is 11.6. The van der Waals surface area contributed by atoms with E-state index in [0.29, 0.717) is 0 Å². The fraction of sp³-hybridized carbons (Fsp3) is 0.273. The summed E-state index contributed by atoms with van der Waals surface area (Å²) in [6, 6.07) is 10.1. The van der Waals surface area contributed by atoms with Crippen LogP contribution in [0.4, 0.5) is 0 Å². The molecule has 3 heteroatoms. The zero-order valence-electron chi connectivity index (χ0n) is 7.76. The molecule has 0 bridgehead atoms. The summed E-state index contributed by atoms with van der Waals surface area (Å²) in [5.41, 5.74) is 1.18. The molecule has 0 aliphatic carbocycles. The van der Waals surface area contributed by atoms with E-state index >= 15 is 0 Å². The normalized spacial score (nSPS) is 27.1. The molecular formula is C11H12OS2. The van der Waals surface area contributed by atoms with E-state index < -0.39 is 10.8 Å². The molecule has 1 heterocycles. The molecule has 0 N–H and O–H groups in total. The molecule has 1 fully saturated rings. The number of hydrogen-bond donors (Lipinski definition) is 0. The van der Waals surface area contributed by atoms with Crippen molar-refractivity contribution in [1.29, 1.82) is 0 Å². The molecule has 0 amide bonds. The van der Waals surface area contributed by atoms with Crippen LogP contribution in [0.15, 0.2) is 36.4 Å². The van der Waals surface area contributed by atoms with E-state index in [4.69, 9.17) is 0 Å². The van der Waals surface area contributed by atoms with E-state index in [2.05, 4.69) is 24.3 Å². The van der Waals surface area contributed by atoms with E-state index in [0.717, 1.165) is 11.5 Å². The molecular weight excluding hydrogens is 212 g/mol. The quantitative estimate of drug-likeness (QED) is 0.768. The molecule has 0 saturated carbocycles. The average molecular weight is 224 g/mol. The first-order chi connectivity index (χ1) is 6.86. The van der Waals surface area contributed by atoms with Crippen molar-refractivity contribution in [1.82, 2.24) is 0 Å². The molecule has 74 valence electrons. The highest BCUT2D eigenvalue weighted by atomic mass is 32.2. The highest BCUT2D eigenvalue weighted by Crippen LogP contribution is 2.24. The van der Waals surface area contributed by atoms with Gasteiger partial charge in [0.25, 0.3) is 0 Å². The first kappa shape index (κ1) is 9.99. The molecule has 1 saturated heterocycles. The summed E-state index contributed by atoms with van der Waals surface area (Å²) >= 11 is 1.78. The van der Waals surface area contributed by atoms with E-state index in [1.165, 1.54) is 5.56 Å². The molecule has 0 aromatic heterocycles. The van der Waals surface area contributed by atoms with Crippen LogP contribution in [0.25, 0.3) is 6.08 Å². The Kier molecular flexibility index (Phi) is 3.43. The van der Waals surface area contributed by atoms with Crippen LogP contribution in [-0.4, -0.2) is 20.3 Å². The van der Waals surface area contributed by atoms with Gasteiger partial charge in [-0.25, -0.2) is 0 Å². The molecule has 0 unspecified atom stereocenters. The second-order valence-corrected chi connectivity index (χ2v) is 6.32. The lowest BCUT2D eigenvalue weighted by molar-refractivity contribution is 0.686. The molecule has 1 aromatic carbocycles. The van der Waals surface area contributed by atoms with Gasteiger partial charge in [-0.05, 0) is 5.56 Å². The number of rotatable bonds is 2. The van der Waals surface area contributed by atoms with E-state index in [-0.39, 0.29) is 4.58 Å². The number of thioether (sulfide) groups is 1. The molecule has 1 nitrogen and oxygen atoms in total. The monoisotopic (exact) mass is 224 g/mol. The van der Waals surface area contributed by atoms with Gasteiger partial charge in [-0.1, -0.05) is 42.5 Å². The van der Waals surface area contributed by atoms with E-state index in [1.54, 1.807) is 11.8 Å². The lowest BCUT2D eigenvalue weighted by Crippen LogP contribution is -2.01. The minimum Gasteiger partial charge on any atom is -0.258 e. The smallest absolute Gasteiger partial charge is 0.0985 e. The van der Waals surface area contributed by atoms with Crippen LogP contribution in [0, 0.1) is 0 Å². The second-order valence-electron chi connectivity index (χ2n) is 3.09. The summed E-state index contributed by atoms with van der Waals surface area (Å²) in [6.45, 7) is 0. The Labute approximate surface area is 91.1 Å². The highest BCUT2D eigenvalue weighted by molar-refractivity contribution is 8.14. The lowest BCUT2D eigenvalue weighted by atomic mass is 10.2. The maximum Gasteiger partial charge on any atom is 0.0985 e. The van der Waals surface area contributed by atoms with Crippen molar-refractivity contribution in [2.45, 2.75) is 4.58 Å². The van der Waals surface area contributed by atoms with Crippen molar-refractivity contribution < 1.29 is 4.21 Å². The molecule has 1 aliphatic rings. The van der Waals surface area contributed by atoms with Crippen LogP contribution in [0.3, 0.4) is 0 Å². The van der Waals surface area contributed by atoms with Gasteiger partial charge in [-0.3, -0.25) is 4.21 Å². The maximum absolute atomic E-state index is 11.4. The fourth-order valence-electron chi connectivity index (χ4n) is 1.34. The van der Waals surface area contributed by atoms with Gasteiger partial charge in [0.05, 0.1) is 4.58 Å². The van der Waals surface area contributed by atoms with E-state index in [9.17, 15) is 4.21 Å². The van der Waals surface area contributed by atoms with E-state index in [1.807, 2.05) is 18.2 Å². The zero-order valence-corrected chi connectivity index (χ0v) is 9.39. The summed E-state index contributed by atoms with van der Waals surface area (Å²) in [5.74, 6) is 1.87. The van der Waals surface area contributed by atoms with Gasteiger partial charge < -0.3 is 0 Å². The zero-order chi connectivity index (χ0) is 9.80. The maximum atomic E-state index is 11.4. The number of hydrogen-bond acceptors (Lipinski definition) is 2. The highest BCUT2D eigenvalue weighted by Gasteiger charge is 2.20. The van der Waals surface area contributed by atoms with Crippen LogP contribution in [0.5, 0.6) is 0 Å². The lowest BCUT2D eigenvalue weighted by Gasteiger charge is -1.99. The van der Waals surface area contributed by atoms with Crippen LogP contribution >= 0.6 is 11.8 Å². The molecule has 1 aromatic rings. The third-order valence-electron chi connectivity index (χ3n) is 2.07. The Morgan fingerprint density at radius 1 is 1.36 bits per heavy atom. The molecule has 2 rings (SSSR count). The van der Waals surface area contributed by atoms with Crippen LogP contribution in [0.1, 0.15) is 5.56 Å². The summed E-state index contributed by atoms with van der Waals surface area (Å²) in [7, 11) is -0.658. The van der Waals surface area contributed by atoms with Crippen molar-refractivity contribution in [3.05, 3.63) is 42.0 Å². The van der Waals surface area contributed by atoms with Gasteiger partial charge in [-0.2, -0.15) is 0 Å². The van der Waals surface area contributed by atoms with Crippen molar-refractivity contribution in [3.8, 4) is 0 Å². The first-order valence-electron chi connectivity index (χ1n) is 4.58. The molecule has 0 radical (unpaired) electrons. The SMILES string of the molecule is O=[S@]1CCS[C@@H]1/C=C/c1ccccc1. The minimum atomic E-state index is -0.658. The predicted molar refractivity (Wildman–Crippen MR) is 64.7 cm³/mol. The summed E-state index contributed by atoms with van der Waals surface area (Å²) in [6.07, 6.45) is 4.12. The Morgan fingerprint density at radius 2 is 2.14 bits per heavy atom. The Morgan fingerprint density at radius 3 is 2.79 bits per heavy atom. The van der Waals surface area contributed by atoms with Gasteiger partial charge in [0.2, 0.25) is 0 Å². The van der Waals surface area contributed by atoms with Crippen molar-refractivity contribution >= 4 is 28.6 Å². The number of benzene rings is 1. The molecule has 14 heavy (non-hydrogen) atoms. The fourth-order valence-corrected chi connectivity index (χ4v) is 4.47. The Hall–Kier alpha value is -0.540. The predicted octanol–water partition coefficient (Wildman–Crippen LogP) is 2.52. The second kappa shape index (κ2) is 4.80. The Bertz CT molecular complexity index is 346. The van der Waals surface area contributed by atoms with Crippen LogP contribution < -0.4 is 0 Å². The third-order valence-corrected chi connectivity index (χ3v) is 5.59. The standard InChI is InChI=1S/C11H12OS2/c12-14-9-8-13-11(14)7-6-10-4-2-1-3-5-10/h1-7,11H,8-9H2/b7-6+/t11-,14-/m0/s1. The Balaban J connectivity index is 2.03. The van der Waals surface area contributed by atoms with Gasteiger partial charge in [0.1, 0.15) is 0 Å². The summed E-state index contributed by atoms with van der Waals surface area (Å²) in [5, 5.41) is 0. The van der Waals surface area contributed by atoms with Crippen molar-refractivity contribution in [2.24, 2.45) is 0 Å². The van der Waals surface area contributed by atoms with Gasteiger partial charge in [-0.15, -0.1) is 11.8 Å². The van der Waals surface area contributed by atoms with Crippen molar-refractivity contribution in [3.63, 3.8) is 0 Å².